The van der Waals surface area contributed by atoms with E-state index in [1.54, 1.807) is 0 Å². The zero-order valence-electron chi connectivity index (χ0n) is 16.0. The summed E-state index contributed by atoms with van der Waals surface area (Å²) < 4.78 is 5.63. The molecule has 0 amide bonds. The maximum atomic E-state index is 5.63. The Bertz CT molecular complexity index is 589. The van der Waals surface area contributed by atoms with Gasteiger partial charge in [-0.3, -0.25) is 9.89 Å². The molecule has 2 unspecified atom stereocenters. The van der Waals surface area contributed by atoms with Crippen LogP contribution in [0.15, 0.2) is 29.3 Å². The predicted molar refractivity (Wildman–Crippen MR) is 111 cm³/mol. The summed E-state index contributed by atoms with van der Waals surface area (Å²) in [7, 11) is 1.84. The molecular formula is C20H32N4OS. The monoisotopic (exact) mass is 376 g/mol. The fraction of sp³-hybridized carbons (Fsp3) is 0.650. The second kappa shape index (κ2) is 10.2. The average molecular weight is 377 g/mol. The number of nitrogens with zero attached hydrogens (tertiary/aromatic N) is 2. The van der Waals surface area contributed by atoms with Crippen molar-refractivity contribution in [2.24, 2.45) is 4.99 Å². The highest BCUT2D eigenvalue weighted by molar-refractivity contribution is 8.00. The molecule has 0 aromatic heterocycles. The SMILES string of the molecule is CN=C(NCc1cccc(CN2CCOC(C)C2)c1)NCC1CCCS1. The summed E-state index contributed by atoms with van der Waals surface area (Å²) in [6.07, 6.45) is 3.00. The lowest BCUT2D eigenvalue weighted by atomic mass is 10.1. The summed E-state index contributed by atoms with van der Waals surface area (Å²) in [6.45, 7) is 7.80. The van der Waals surface area contributed by atoms with Crippen LogP contribution < -0.4 is 10.6 Å². The third kappa shape index (κ3) is 6.18. The first-order chi connectivity index (χ1) is 12.7. The van der Waals surface area contributed by atoms with Gasteiger partial charge in [0.1, 0.15) is 0 Å². The first-order valence-corrected chi connectivity index (χ1v) is 10.8. The van der Waals surface area contributed by atoms with Crippen molar-refractivity contribution in [1.29, 1.82) is 0 Å². The minimum atomic E-state index is 0.334. The number of aliphatic imine (C=N–C) groups is 1. The molecule has 5 nitrogen and oxygen atoms in total. The van der Waals surface area contributed by atoms with Crippen molar-refractivity contribution >= 4 is 17.7 Å². The van der Waals surface area contributed by atoms with Crippen molar-refractivity contribution in [3.63, 3.8) is 0 Å². The smallest absolute Gasteiger partial charge is 0.191 e. The molecule has 1 aromatic rings. The first-order valence-electron chi connectivity index (χ1n) is 9.71. The average Bonchev–Trinajstić information content (AvgIpc) is 3.16. The van der Waals surface area contributed by atoms with Crippen molar-refractivity contribution in [2.75, 3.05) is 39.0 Å². The van der Waals surface area contributed by atoms with Gasteiger partial charge in [-0.15, -0.1) is 0 Å². The van der Waals surface area contributed by atoms with Crippen molar-refractivity contribution in [1.82, 2.24) is 15.5 Å². The predicted octanol–water partition coefficient (Wildman–Crippen LogP) is 2.47. The van der Waals surface area contributed by atoms with Gasteiger partial charge in [0.25, 0.3) is 0 Å². The minimum absolute atomic E-state index is 0.334. The molecule has 6 heteroatoms. The highest BCUT2D eigenvalue weighted by Gasteiger charge is 2.17. The molecule has 2 aliphatic heterocycles. The van der Waals surface area contributed by atoms with Crippen molar-refractivity contribution in [3.8, 4) is 0 Å². The number of nitrogens with one attached hydrogen (secondary N) is 2. The van der Waals surface area contributed by atoms with E-state index in [2.05, 4.69) is 63.5 Å². The zero-order chi connectivity index (χ0) is 18.2. The van der Waals surface area contributed by atoms with E-state index in [1.165, 1.54) is 29.7 Å². The van der Waals surface area contributed by atoms with Crippen LogP contribution in [0.1, 0.15) is 30.9 Å². The van der Waals surface area contributed by atoms with Gasteiger partial charge in [0.05, 0.1) is 12.7 Å². The summed E-state index contributed by atoms with van der Waals surface area (Å²) in [5.41, 5.74) is 2.66. The van der Waals surface area contributed by atoms with Crippen LogP contribution in [0.4, 0.5) is 0 Å². The molecule has 3 rings (SSSR count). The van der Waals surface area contributed by atoms with Crippen LogP contribution in [0, 0.1) is 0 Å². The van der Waals surface area contributed by atoms with Crippen LogP contribution in [0.25, 0.3) is 0 Å². The lowest BCUT2D eigenvalue weighted by molar-refractivity contribution is -0.0212. The number of benzene rings is 1. The second-order valence-electron chi connectivity index (χ2n) is 7.18. The molecule has 2 aliphatic rings. The standard InChI is InChI=1S/C20H32N4OS/c1-16-14-24(8-9-25-16)15-18-6-3-5-17(11-18)12-22-20(21-2)23-13-19-7-4-10-26-19/h3,5-6,11,16,19H,4,7-10,12-15H2,1-2H3,(H2,21,22,23). The number of hydrogen-bond donors (Lipinski definition) is 2. The van der Waals surface area contributed by atoms with E-state index < -0.39 is 0 Å². The third-order valence-corrected chi connectivity index (χ3v) is 6.33. The highest BCUT2D eigenvalue weighted by Crippen LogP contribution is 2.25. The summed E-state index contributed by atoms with van der Waals surface area (Å²) in [5.74, 6) is 2.19. The molecule has 2 saturated heterocycles. The van der Waals surface area contributed by atoms with Gasteiger partial charge >= 0.3 is 0 Å². The van der Waals surface area contributed by atoms with Crippen LogP contribution in [-0.2, 0) is 17.8 Å². The second-order valence-corrected chi connectivity index (χ2v) is 8.59. The largest absolute Gasteiger partial charge is 0.376 e. The number of rotatable bonds is 6. The Morgan fingerprint density at radius 2 is 2.23 bits per heavy atom. The van der Waals surface area contributed by atoms with Gasteiger partial charge in [0, 0.05) is 45.0 Å². The van der Waals surface area contributed by atoms with E-state index in [-0.39, 0.29) is 0 Å². The highest BCUT2D eigenvalue weighted by atomic mass is 32.2. The Morgan fingerprint density at radius 3 is 3.00 bits per heavy atom. The van der Waals surface area contributed by atoms with E-state index in [0.29, 0.717) is 6.10 Å². The van der Waals surface area contributed by atoms with Gasteiger partial charge in [-0.25, -0.2) is 0 Å². The van der Waals surface area contributed by atoms with Crippen molar-refractivity contribution in [3.05, 3.63) is 35.4 Å². The summed E-state index contributed by atoms with van der Waals surface area (Å²) in [5, 5.41) is 7.64. The fourth-order valence-corrected chi connectivity index (χ4v) is 4.75. The van der Waals surface area contributed by atoms with E-state index in [9.17, 15) is 0 Å². The number of ether oxygens (including phenoxy) is 1. The molecule has 2 N–H and O–H groups in total. The van der Waals surface area contributed by atoms with E-state index >= 15 is 0 Å². The van der Waals surface area contributed by atoms with Gasteiger partial charge in [-0.2, -0.15) is 11.8 Å². The molecule has 2 atom stereocenters. The van der Waals surface area contributed by atoms with Gasteiger partial charge in [-0.1, -0.05) is 24.3 Å². The van der Waals surface area contributed by atoms with Gasteiger partial charge in [-0.05, 0) is 36.6 Å². The van der Waals surface area contributed by atoms with Crippen LogP contribution >= 0.6 is 11.8 Å². The molecule has 0 saturated carbocycles. The molecule has 0 radical (unpaired) electrons. The molecule has 1 aromatic carbocycles. The summed E-state index contributed by atoms with van der Waals surface area (Å²) >= 11 is 2.07. The van der Waals surface area contributed by atoms with Crippen molar-refractivity contribution < 1.29 is 4.74 Å². The van der Waals surface area contributed by atoms with Gasteiger partial charge < -0.3 is 15.4 Å². The summed E-state index contributed by atoms with van der Waals surface area (Å²) in [4.78, 5) is 6.82. The van der Waals surface area contributed by atoms with Crippen LogP contribution in [0.5, 0.6) is 0 Å². The quantitative estimate of drug-likeness (QED) is 0.590. The molecular weight excluding hydrogens is 344 g/mol. The zero-order valence-corrected chi connectivity index (χ0v) is 16.9. The van der Waals surface area contributed by atoms with Gasteiger partial charge in [0.15, 0.2) is 5.96 Å². The number of thioether (sulfide) groups is 1. The Morgan fingerprint density at radius 1 is 1.35 bits per heavy atom. The normalized spacial score (nSPS) is 24.6. The Labute approximate surface area is 162 Å². The molecule has 0 aliphatic carbocycles. The molecule has 26 heavy (non-hydrogen) atoms. The molecule has 2 fully saturated rings. The number of morpholine rings is 1. The maximum Gasteiger partial charge on any atom is 0.191 e. The van der Waals surface area contributed by atoms with Crippen LogP contribution in [0.3, 0.4) is 0 Å². The lowest BCUT2D eigenvalue weighted by Gasteiger charge is -2.31. The molecule has 0 spiro atoms. The van der Waals surface area contributed by atoms with E-state index in [0.717, 1.165) is 50.5 Å². The van der Waals surface area contributed by atoms with Crippen LogP contribution in [-0.4, -0.2) is 61.3 Å². The number of hydrogen-bond acceptors (Lipinski definition) is 4. The van der Waals surface area contributed by atoms with Crippen LogP contribution in [0.2, 0.25) is 0 Å². The molecule has 2 heterocycles. The Hall–Kier alpha value is -1.24. The molecule has 0 bridgehead atoms. The number of guanidine groups is 1. The topological polar surface area (TPSA) is 48.9 Å². The molecule has 144 valence electrons. The maximum absolute atomic E-state index is 5.63. The minimum Gasteiger partial charge on any atom is -0.376 e. The van der Waals surface area contributed by atoms with E-state index in [4.69, 9.17) is 4.74 Å². The third-order valence-electron chi connectivity index (χ3n) is 4.93. The fourth-order valence-electron chi connectivity index (χ4n) is 3.55. The summed E-state index contributed by atoms with van der Waals surface area (Å²) in [6, 6.07) is 8.85. The lowest BCUT2D eigenvalue weighted by Crippen LogP contribution is -2.40. The van der Waals surface area contributed by atoms with Crippen molar-refractivity contribution in [2.45, 2.75) is 44.2 Å². The Balaban J connectivity index is 1.46. The van der Waals surface area contributed by atoms with E-state index in [1.807, 2.05) is 7.05 Å². The van der Waals surface area contributed by atoms with Gasteiger partial charge in [0.2, 0.25) is 0 Å². The Kier molecular flexibility index (Phi) is 7.65. The first kappa shape index (κ1) is 19.5.